The van der Waals surface area contributed by atoms with Gasteiger partial charge in [0.1, 0.15) is 0 Å². The molecule has 0 spiro atoms. The second-order valence-corrected chi connectivity index (χ2v) is 7.27. The van der Waals surface area contributed by atoms with Crippen molar-refractivity contribution in [1.82, 2.24) is 4.31 Å². The van der Waals surface area contributed by atoms with Crippen LogP contribution in [-0.2, 0) is 14.8 Å². The van der Waals surface area contributed by atoms with E-state index >= 15 is 0 Å². The van der Waals surface area contributed by atoms with E-state index in [2.05, 4.69) is 5.32 Å². The van der Waals surface area contributed by atoms with E-state index in [0.29, 0.717) is 12.2 Å². The lowest BCUT2D eigenvalue weighted by Crippen LogP contribution is -2.43. The summed E-state index contributed by atoms with van der Waals surface area (Å²) < 4.78 is 27.1. The van der Waals surface area contributed by atoms with Gasteiger partial charge in [0, 0.05) is 25.2 Å². The molecule has 1 amide bonds. The van der Waals surface area contributed by atoms with Gasteiger partial charge in [0.05, 0.1) is 4.90 Å². The van der Waals surface area contributed by atoms with Crippen molar-refractivity contribution in [1.29, 1.82) is 0 Å². The summed E-state index contributed by atoms with van der Waals surface area (Å²) in [5.74, 6) is -0.173. The zero-order chi connectivity index (χ0) is 15.5. The fourth-order valence-electron chi connectivity index (χ4n) is 2.75. The quantitative estimate of drug-likeness (QED) is 0.929. The number of hydrogen-bond donors (Lipinski definition) is 1. The standard InChI is InChI=1S/C15H22N2O3S/c1-3-14-6-4-5-11-17(14)21(19,20)15-9-7-13(8-10-15)16-12(2)18/h7-10,14H,3-6,11H2,1-2H3,(H,16,18). The van der Waals surface area contributed by atoms with E-state index in [1.165, 1.54) is 6.92 Å². The van der Waals surface area contributed by atoms with Crippen LogP contribution in [0, 0.1) is 0 Å². The van der Waals surface area contributed by atoms with E-state index in [-0.39, 0.29) is 16.8 Å². The molecule has 0 aliphatic carbocycles. The van der Waals surface area contributed by atoms with Crippen LogP contribution in [0.1, 0.15) is 39.5 Å². The van der Waals surface area contributed by atoms with E-state index < -0.39 is 10.0 Å². The number of sulfonamides is 1. The van der Waals surface area contributed by atoms with E-state index in [9.17, 15) is 13.2 Å². The third-order valence-electron chi connectivity index (χ3n) is 3.83. The molecule has 21 heavy (non-hydrogen) atoms. The summed E-state index contributed by atoms with van der Waals surface area (Å²) in [6.45, 7) is 4.04. The average Bonchev–Trinajstić information content (AvgIpc) is 2.47. The first kappa shape index (κ1) is 16.0. The molecular weight excluding hydrogens is 288 g/mol. The lowest BCUT2D eigenvalue weighted by molar-refractivity contribution is -0.114. The van der Waals surface area contributed by atoms with Crippen LogP contribution in [0.25, 0.3) is 0 Å². The number of anilines is 1. The maximum Gasteiger partial charge on any atom is 0.243 e. The zero-order valence-electron chi connectivity index (χ0n) is 12.5. The molecule has 1 heterocycles. The minimum absolute atomic E-state index is 0.0961. The van der Waals surface area contributed by atoms with E-state index in [1.807, 2.05) is 6.92 Å². The van der Waals surface area contributed by atoms with Crippen molar-refractivity contribution in [2.24, 2.45) is 0 Å². The van der Waals surface area contributed by atoms with Gasteiger partial charge in [-0.15, -0.1) is 0 Å². The summed E-state index contributed by atoms with van der Waals surface area (Å²) in [6, 6.07) is 6.46. The summed E-state index contributed by atoms with van der Waals surface area (Å²) in [4.78, 5) is 11.3. The fraction of sp³-hybridized carbons (Fsp3) is 0.533. The van der Waals surface area contributed by atoms with Crippen molar-refractivity contribution < 1.29 is 13.2 Å². The number of carbonyl (C=O) groups excluding carboxylic acids is 1. The molecule has 1 aromatic carbocycles. The third-order valence-corrected chi connectivity index (χ3v) is 5.79. The Morgan fingerprint density at radius 1 is 1.29 bits per heavy atom. The Morgan fingerprint density at radius 2 is 1.95 bits per heavy atom. The van der Waals surface area contributed by atoms with Gasteiger partial charge in [0.25, 0.3) is 0 Å². The number of rotatable bonds is 4. The first-order chi connectivity index (χ1) is 9.95. The highest BCUT2D eigenvalue weighted by Crippen LogP contribution is 2.27. The molecule has 1 aromatic rings. The Labute approximate surface area is 126 Å². The molecule has 2 rings (SSSR count). The van der Waals surface area contributed by atoms with Crippen LogP contribution in [0.4, 0.5) is 5.69 Å². The van der Waals surface area contributed by atoms with Gasteiger partial charge in [0.2, 0.25) is 15.9 Å². The number of nitrogens with zero attached hydrogens (tertiary/aromatic N) is 1. The average molecular weight is 310 g/mol. The lowest BCUT2D eigenvalue weighted by atomic mass is 10.0. The molecule has 6 heteroatoms. The Kier molecular flexibility index (Phi) is 5.00. The van der Waals surface area contributed by atoms with Crippen LogP contribution in [0.15, 0.2) is 29.2 Å². The molecule has 0 radical (unpaired) electrons. The summed E-state index contributed by atoms with van der Waals surface area (Å²) >= 11 is 0. The number of carbonyl (C=O) groups is 1. The predicted octanol–water partition coefficient (Wildman–Crippen LogP) is 2.60. The zero-order valence-corrected chi connectivity index (χ0v) is 13.3. The van der Waals surface area contributed by atoms with Crippen LogP contribution in [0.5, 0.6) is 0 Å². The SMILES string of the molecule is CCC1CCCCN1S(=O)(=O)c1ccc(NC(C)=O)cc1. The van der Waals surface area contributed by atoms with Crippen LogP contribution >= 0.6 is 0 Å². The number of amides is 1. The van der Waals surface area contributed by atoms with Gasteiger partial charge in [-0.3, -0.25) is 4.79 Å². The minimum Gasteiger partial charge on any atom is -0.326 e. The number of benzene rings is 1. The molecule has 1 N–H and O–H groups in total. The van der Waals surface area contributed by atoms with Gasteiger partial charge in [-0.05, 0) is 43.5 Å². The highest BCUT2D eigenvalue weighted by atomic mass is 32.2. The minimum atomic E-state index is -3.45. The van der Waals surface area contributed by atoms with Gasteiger partial charge in [0.15, 0.2) is 0 Å². The maximum atomic E-state index is 12.7. The first-order valence-electron chi connectivity index (χ1n) is 7.34. The van der Waals surface area contributed by atoms with Gasteiger partial charge in [-0.1, -0.05) is 13.3 Å². The van der Waals surface area contributed by atoms with Crippen molar-refractivity contribution >= 4 is 21.6 Å². The van der Waals surface area contributed by atoms with Crippen LogP contribution in [0.2, 0.25) is 0 Å². The highest BCUT2D eigenvalue weighted by molar-refractivity contribution is 7.89. The second kappa shape index (κ2) is 6.58. The summed E-state index contributed by atoms with van der Waals surface area (Å²) in [7, 11) is -3.45. The van der Waals surface area contributed by atoms with Crippen molar-refractivity contribution in [3.63, 3.8) is 0 Å². The van der Waals surface area contributed by atoms with Gasteiger partial charge in [-0.25, -0.2) is 8.42 Å². The number of piperidine rings is 1. The molecule has 1 fully saturated rings. The summed E-state index contributed by atoms with van der Waals surface area (Å²) in [6.07, 6.45) is 3.77. The van der Waals surface area contributed by atoms with Crippen molar-refractivity contribution in [3.05, 3.63) is 24.3 Å². The fourth-order valence-corrected chi connectivity index (χ4v) is 4.51. The van der Waals surface area contributed by atoms with Crippen LogP contribution in [0.3, 0.4) is 0 Å². The molecule has 5 nitrogen and oxygen atoms in total. The molecule has 116 valence electrons. The Hall–Kier alpha value is -1.40. The number of nitrogens with one attached hydrogen (secondary N) is 1. The third kappa shape index (κ3) is 3.63. The normalized spacial score (nSPS) is 20.2. The largest absolute Gasteiger partial charge is 0.326 e. The molecular formula is C15H22N2O3S. The Balaban J connectivity index is 2.24. The van der Waals surface area contributed by atoms with Crippen LogP contribution < -0.4 is 5.32 Å². The van der Waals surface area contributed by atoms with Gasteiger partial charge >= 0.3 is 0 Å². The first-order valence-corrected chi connectivity index (χ1v) is 8.78. The monoisotopic (exact) mass is 310 g/mol. The van der Waals surface area contributed by atoms with Gasteiger partial charge in [-0.2, -0.15) is 4.31 Å². The Morgan fingerprint density at radius 3 is 2.52 bits per heavy atom. The van der Waals surface area contributed by atoms with Crippen molar-refractivity contribution in [2.75, 3.05) is 11.9 Å². The van der Waals surface area contributed by atoms with E-state index in [4.69, 9.17) is 0 Å². The molecule has 0 saturated carbocycles. The lowest BCUT2D eigenvalue weighted by Gasteiger charge is -2.34. The summed E-state index contributed by atoms with van der Waals surface area (Å²) in [5.41, 5.74) is 0.604. The molecule has 1 aliphatic rings. The molecule has 1 aliphatic heterocycles. The molecule has 0 aromatic heterocycles. The van der Waals surface area contributed by atoms with Crippen molar-refractivity contribution in [3.8, 4) is 0 Å². The molecule has 1 atom stereocenters. The topological polar surface area (TPSA) is 66.5 Å². The van der Waals surface area contributed by atoms with Gasteiger partial charge < -0.3 is 5.32 Å². The molecule has 0 bridgehead atoms. The van der Waals surface area contributed by atoms with Crippen molar-refractivity contribution in [2.45, 2.75) is 50.5 Å². The number of hydrogen-bond acceptors (Lipinski definition) is 3. The van der Waals surface area contributed by atoms with E-state index in [1.54, 1.807) is 28.6 Å². The smallest absolute Gasteiger partial charge is 0.243 e. The summed E-state index contributed by atoms with van der Waals surface area (Å²) in [5, 5.41) is 2.64. The van der Waals surface area contributed by atoms with E-state index in [0.717, 1.165) is 25.7 Å². The predicted molar refractivity (Wildman–Crippen MR) is 82.6 cm³/mol. The molecule has 1 saturated heterocycles. The molecule has 1 unspecified atom stereocenters. The Bertz CT molecular complexity index is 596. The highest BCUT2D eigenvalue weighted by Gasteiger charge is 2.32. The maximum absolute atomic E-state index is 12.7. The van der Waals surface area contributed by atoms with Crippen LogP contribution in [-0.4, -0.2) is 31.2 Å². The second-order valence-electron chi connectivity index (χ2n) is 5.38.